The van der Waals surface area contributed by atoms with E-state index in [0.29, 0.717) is 19.8 Å². The number of rotatable bonds is 15. The largest absolute Gasteiger partial charge is 0.508 e. The smallest absolute Gasteiger partial charge is 0.407 e. The first-order valence-corrected chi connectivity index (χ1v) is 26.9. The summed E-state index contributed by atoms with van der Waals surface area (Å²) in [6.07, 6.45) is -0.355. The minimum Gasteiger partial charge on any atom is -0.508 e. The number of ether oxygens (including phenoxy) is 4. The van der Waals surface area contributed by atoms with Crippen LogP contribution in [0.3, 0.4) is 0 Å². The third kappa shape index (κ3) is 19.8. The van der Waals surface area contributed by atoms with Crippen LogP contribution >= 0.6 is 15.9 Å². The van der Waals surface area contributed by atoms with Crippen molar-refractivity contribution in [3.05, 3.63) is 209 Å². The van der Waals surface area contributed by atoms with Crippen LogP contribution in [0.15, 0.2) is 193 Å². The van der Waals surface area contributed by atoms with Crippen molar-refractivity contribution >= 4 is 50.9 Å². The Bertz CT molecular complexity index is 2900. The Morgan fingerprint density at radius 1 is 0.462 bits per heavy atom. The van der Waals surface area contributed by atoms with Gasteiger partial charge in [-0.3, -0.25) is 9.59 Å². The van der Waals surface area contributed by atoms with Gasteiger partial charge in [-0.25, -0.2) is 4.79 Å². The van der Waals surface area contributed by atoms with E-state index in [0.717, 1.165) is 89.2 Å². The number of nitrogens with one attached hydrogen (secondary N) is 3. The molecule has 3 saturated heterocycles. The molecular weight excluding hydrogens is 1050 g/mol. The van der Waals surface area contributed by atoms with E-state index in [9.17, 15) is 14.4 Å². The molecule has 0 aromatic heterocycles. The standard InChI is InChI=1S/C21H26N2O3.C18H20N2O2.C13H11BrO.C11H14N2O2/c1-21(2,3)26-20(24)22-17-13-23(14-17)18-9-11-19(12-10-18)25-15-16-7-5-4-6-8-16;1-14(21)19-16-11-20(12-16)17-7-9-18(10-8-17)22-13-15-5-3-2-4-6-15;14-12-6-8-13(9-7-12)15-10-11-4-2-1-3-5-11;1-8(14)12-9-6-13(7-9)10-2-4-11(15)5-3-10/h4-12,17H,13-15H2,1-3H3,(H,22,24);2-10,16H,11-13H2,1H3,(H,19,21);1-9H,10H2;2-5,9,15H,6-7H2,1H3,(H,12,14). The molecule has 7 aromatic carbocycles. The number of phenols is 1. The fraction of sp³-hybridized carbons (Fsp3) is 0.286. The molecule has 15 heteroatoms. The maximum absolute atomic E-state index is 11.8. The number of phenolic OH excluding ortho intramolecular Hbond substituents is 1. The molecule has 10 rings (SSSR count). The maximum Gasteiger partial charge on any atom is 0.407 e. The third-order valence-electron chi connectivity index (χ3n) is 12.4. The molecule has 3 heterocycles. The molecule has 0 atom stereocenters. The summed E-state index contributed by atoms with van der Waals surface area (Å²) in [5.74, 6) is 2.94. The maximum atomic E-state index is 11.8. The molecule has 0 radical (unpaired) electrons. The van der Waals surface area contributed by atoms with Crippen LogP contribution in [0.2, 0.25) is 0 Å². The highest BCUT2D eigenvalue weighted by Gasteiger charge is 2.31. The van der Waals surface area contributed by atoms with E-state index < -0.39 is 5.60 Å². The molecule has 7 aromatic rings. The van der Waals surface area contributed by atoms with Crippen LogP contribution in [-0.4, -0.2) is 86.0 Å². The zero-order chi connectivity index (χ0) is 55.3. The number of alkyl carbamates (subject to hydrolysis) is 1. The highest BCUT2D eigenvalue weighted by molar-refractivity contribution is 9.10. The number of anilines is 3. The quantitative estimate of drug-likeness (QED) is 0.0776. The Kier molecular flexibility index (Phi) is 21.3. The van der Waals surface area contributed by atoms with Gasteiger partial charge in [0, 0.05) is 74.7 Å². The zero-order valence-electron chi connectivity index (χ0n) is 45.0. The highest BCUT2D eigenvalue weighted by Crippen LogP contribution is 2.27. The van der Waals surface area contributed by atoms with Gasteiger partial charge in [-0.15, -0.1) is 0 Å². The van der Waals surface area contributed by atoms with Gasteiger partial charge >= 0.3 is 6.09 Å². The summed E-state index contributed by atoms with van der Waals surface area (Å²) in [4.78, 5) is 40.1. The van der Waals surface area contributed by atoms with E-state index in [4.69, 9.17) is 24.1 Å². The monoisotopic (exact) mass is 1120 g/mol. The number of nitrogens with zero attached hydrogens (tertiary/aromatic N) is 3. The van der Waals surface area contributed by atoms with Gasteiger partial charge in [0.25, 0.3) is 0 Å². The van der Waals surface area contributed by atoms with Crippen molar-refractivity contribution in [3.63, 3.8) is 0 Å². The van der Waals surface area contributed by atoms with Gasteiger partial charge in [-0.05, 0) is 135 Å². The fourth-order valence-corrected chi connectivity index (χ4v) is 8.58. The Morgan fingerprint density at radius 3 is 1.06 bits per heavy atom. The summed E-state index contributed by atoms with van der Waals surface area (Å²) in [7, 11) is 0. The number of hydrogen-bond donors (Lipinski definition) is 4. The lowest BCUT2D eigenvalue weighted by atomic mass is 10.1. The van der Waals surface area contributed by atoms with Gasteiger partial charge < -0.3 is 54.7 Å². The average molecular weight is 1120 g/mol. The van der Waals surface area contributed by atoms with Gasteiger partial charge in [0.15, 0.2) is 0 Å². The van der Waals surface area contributed by atoms with Gasteiger partial charge in [-0.2, -0.15) is 0 Å². The Labute approximate surface area is 467 Å². The first-order valence-electron chi connectivity index (χ1n) is 26.1. The number of halogens is 1. The Hall–Kier alpha value is -8.17. The second-order valence-corrected chi connectivity index (χ2v) is 21.0. The van der Waals surface area contributed by atoms with Gasteiger partial charge in [0.05, 0.1) is 18.1 Å². The minimum atomic E-state index is -0.469. The van der Waals surface area contributed by atoms with Crippen LogP contribution in [0, 0.1) is 0 Å². The summed E-state index contributed by atoms with van der Waals surface area (Å²) in [6.45, 7) is 15.4. The van der Waals surface area contributed by atoms with Crippen LogP contribution in [0.5, 0.6) is 23.0 Å². The van der Waals surface area contributed by atoms with Crippen LogP contribution in [0.1, 0.15) is 51.3 Å². The van der Waals surface area contributed by atoms with Crippen molar-refractivity contribution in [3.8, 4) is 23.0 Å². The lowest BCUT2D eigenvalue weighted by Crippen LogP contribution is -2.60. The van der Waals surface area contributed by atoms with Crippen molar-refractivity contribution in [1.29, 1.82) is 0 Å². The van der Waals surface area contributed by atoms with E-state index >= 15 is 0 Å². The molecule has 0 aliphatic carbocycles. The second kappa shape index (κ2) is 28.8. The van der Waals surface area contributed by atoms with Crippen molar-refractivity contribution in [1.82, 2.24) is 16.0 Å². The Balaban J connectivity index is 0.000000155. The number of benzene rings is 7. The summed E-state index contributed by atoms with van der Waals surface area (Å²) >= 11 is 3.39. The van der Waals surface area contributed by atoms with Crippen molar-refractivity contribution in [2.45, 2.75) is 78.2 Å². The number of carbonyl (C=O) groups is 3. The molecule has 0 bridgehead atoms. The van der Waals surface area contributed by atoms with Crippen molar-refractivity contribution < 1.29 is 38.4 Å². The lowest BCUT2D eigenvalue weighted by molar-refractivity contribution is -0.120. The predicted molar refractivity (Wildman–Crippen MR) is 312 cm³/mol. The van der Waals surface area contributed by atoms with Crippen LogP contribution < -0.4 is 44.9 Å². The fourth-order valence-electron chi connectivity index (χ4n) is 8.31. The second-order valence-electron chi connectivity index (χ2n) is 20.1. The van der Waals surface area contributed by atoms with Crippen molar-refractivity contribution in [2.24, 2.45) is 0 Å². The average Bonchev–Trinajstić information content (AvgIpc) is 3.41. The molecule has 408 valence electrons. The topological polar surface area (TPSA) is 154 Å². The van der Waals surface area contributed by atoms with Gasteiger partial charge in [0.1, 0.15) is 48.4 Å². The normalized spacial score (nSPS) is 13.8. The van der Waals surface area contributed by atoms with Crippen LogP contribution in [0.4, 0.5) is 21.9 Å². The summed E-state index contributed by atoms with van der Waals surface area (Å²) in [6, 6.07) is 62.1. The molecule has 3 fully saturated rings. The molecule has 78 heavy (non-hydrogen) atoms. The molecule has 3 aliphatic heterocycles. The van der Waals surface area contributed by atoms with Crippen LogP contribution in [-0.2, 0) is 34.1 Å². The zero-order valence-corrected chi connectivity index (χ0v) is 46.6. The number of hydrogen-bond acceptors (Lipinski definition) is 11. The molecule has 3 aliphatic rings. The summed E-state index contributed by atoms with van der Waals surface area (Å²) in [5.41, 5.74) is 6.38. The van der Waals surface area contributed by atoms with Crippen LogP contribution in [0.25, 0.3) is 0 Å². The Morgan fingerprint density at radius 2 is 0.756 bits per heavy atom. The number of aromatic hydroxyl groups is 1. The van der Waals surface area contributed by atoms with E-state index in [1.807, 2.05) is 160 Å². The molecule has 4 N–H and O–H groups in total. The molecule has 14 nitrogen and oxygen atoms in total. The highest BCUT2D eigenvalue weighted by atomic mass is 79.9. The first-order chi connectivity index (χ1) is 37.6. The molecular formula is C63H71BrN6O8. The number of amides is 3. The third-order valence-corrected chi connectivity index (χ3v) is 12.9. The van der Waals surface area contributed by atoms with E-state index in [1.165, 1.54) is 12.5 Å². The van der Waals surface area contributed by atoms with E-state index in [-0.39, 0.29) is 41.8 Å². The van der Waals surface area contributed by atoms with Gasteiger partial charge in [-0.1, -0.05) is 107 Å². The SMILES string of the molecule is Brc1ccc(OCc2ccccc2)cc1.CC(=O)NC1CN(c2ccc(O)cc2)C1.CC(=O)NC1CN(c2ccc(OCc3ccccc3)cc2)C1.CC(C)(C)OC(=O)NC1CN(c2ccc(OCc3ccccc3)cc2)C1. The van der Waals surface area contributed by atoms with Crippen molar-refractivity contribution in [2.75, 3.05) is 54.0 Å². The van der Waals surface area contributed by atoms with E-state index in [2.05, 4.69) is 83.0 Å². The summed E-state index contributed by atoms with van der Waals surface area (Å²) < 4.78 is 23.6. The summed E-state index contributed by atoms with van der Waals surface area (Å²) in [5, 5.41) is 17.8. The lowest BCUT2D eigenvalue weighted by Gasteiger charge is -2.41. The number of carbonyl (C=O) groups excluding carboxylic acids is 3. The minimum absolute atomic E-state index is 0.0188. The first kappa shape index (κ1) is 57.5. The molecule has 3 amide bonds. The predicted octanol–water partition coefficient (Wildman–Crippen LogP) is 11.3. The van der Waals surface area contributed by atoms with Gasteiger partial charge in [0.2, 0.25) is 11.8 Å². The molecule has 0 saturated carbocycles. The molecule has 0 unspecified atom stereocenters. The van der Waals surface area contributed by atoms with E-state index in [1.54, 1.807) is 19.1 Å². The molecule has 0 spiro atoms.